The van der Waals surface area contributed by atoms with Gasteiger partial charge in [-0.1, -0.05) is 5.04 Å². The van der Waals surface area contributed by atoms with Gasteiger partial charge in [-0.25, -0.2) is 13.7 Å². The van der Waals surface area contributed by atoms with Crippen LogP contribution in [0.4, 0.5) is 28.7 Å². The van der Waals surface area contributed by atoms with E-state index in [1.54, 1.807) is 0 Å². The largest absolute Gasteiger partial charge is 0.398 e. The Balaban J connectivity index is 2.06. The van der Waals surface area contributed by atoms with Crippen LogP contribution in [0, 0.1) is 0 Å². The summed E-state index contributed by atoms with van der Waals surface area (Å²) < 4.78 is 101. The smallest absolute Gasteiger partial charge is 0.296 e. The molecule has 228 valence electrons. The summed E-state index contributed by atoms with van der Waals surface area (Å²) >= 11 is 11.6. The van der Waals surface area contributed by atoms with Crippen LogP contribution >= 0.6 is 35.5 Å². The van der Waals surface area contributed by atoms with E-state index in [1.165, 1.54) is 0 Å². The minimum atomic E-state index is -5.11. The van der Waals surface area contributed by atoms with Crippen molar-refractivity contribution >= 4 is 94.3 Å². The van der Waals surface area contributed by atoms with Crippen LogP contribution in [0.3, 0.4) is 0 Å². The van der Waals surface area contributed by atoms with Crippen LogP contribution in [0.15, 0.2) is 55.2 Å². The average molecular weight is 709 g/mol. The minimum absolute atomic E-state index is 0.119. The number of nitrogens with one attached hydrogen (secondary N) is 1. The fourth-order valence-corrected chi connectivity index (χ4v) is 6.04. The second kappa shape index (κ2) is 13.7. The van der Waals surface area contributed by atoms with E-state index >= 15 is 0 Å². The van der Waals surface area contributed by atoms with Gasteiger partial charge >= 0.3 is 0 Å². The van der Waals surface area contributed by atoms with E-state index < -0.39 is 74.2 Å². The second-order valence-electron chi connectivity index (χ2n) is 7.36. The number of hydrogen-bond donors (Lipinski definition) is 5. The van der Waals surface area contributed by atoms with Crippen molar-refractivity contribution in [1.29, 1.82) is 0 Å². The molecule has 0 aliphatic carbocycles. The normalized spacial score (nSPS) is 12.6. The second-order valence-corrected chi connectivity index (χ2v) is 13.4. The minimum Gasteiger partial charge on any atom is -0.398 e. The molecule has 3 aromatic rings. The Morgan fingerprint density at radius 3 is 2.12 bits per heavy atom. The van der Waals surface area contributed by atoms with E-state index in [0.717, 1.165) is 24.3 Å². The Bertz CT molecular complexity index is 1820. The van der Waals surface area contributed by atoms with E-state index in [1.807, 2.05) is 0 Å². The third kappa shape index (κ3) is 9.09. The summed E-state index contributed by atoms with van der Waals surface area (Å²) in [6, 6.07) is 4.17. The van der Waals surface area contributed by atoms with E-state index in [2.05, 4.69) is 44.1 Å². The fraction of sp³-hybridized carbons (Fsp3) is 0.118. The summed E-state index contributed by atoms with van der Waals surface area (Å²) in [5.74, 6) is -0.952. The lowest BCUT2D eigenvalue weighted by molar-refractivity contribution is -0.434. The Morgan fingerprint density at radius 1 is 0.905 bits per heavy atom. The van der Waals surface area contributed by atoms with E-state index in [-0.39, 0.29) is 34.5 Å². The first-order chi connectivity index (χ1) is 19.5. The zero-order valence-corrected chi connectivity index (χ0v) is 24.8. The van der Waals surface area contributed by atoms with Gasteiger partial charge in [-0.05, 0) is 53.5 Å². The Labute approximate surface area is 250 Å². The van der Waals surface area contributed by atoms with Crippen molar-refractivity contribution in [3.63, 3.8) is 0 Å². The molecular weight excluding hydrogens is 693 g/mol. The van der Waals surface area contributed by atoms with Crippen LogP contribution in [0.1, 0.15) is 0 Å². The number of nitrogen functional groups attached to an aromatic ring is 1. The standard InChI is InChI=1S/C17H15Cl2N7O12S4/c18-15-22-16(19)24-17(23-15)21-11-6-9(20)13(41(30,31)32)7-12(11)26-25-10-2-1-8(5-14(10)42(33,34)35)40(28,29)4-3-36-39-38-37-27/h1-2,5-7,27H,3-4,20H2,(H,30,31,32)(H,33,34,35)(H,21,22,23,24). The molecule has 0 amide bonds. The highest BCUT2D eigenvalue weighted by molar-refractivity contribution is 7.91. The zero-order valence-electron chi connectivity index (χ0n) is 20.0. The van der Waals surface area contributed by atoms with Gasteiger partial charge in [0.1, 0.15) is 21.2 Å². The summed E-state index contributed by atoms with van der Waals surface area (Å²) in [4.78, 5) is 8.74. The summed E-state index contributed by atoms with van der Waals surface area (Å²) in [6.07, 6.45) is 0. The van der Waals surface area contributed by atoms with Crippen LogP contribution in [-0.4, -0.2) is 66.9 Å². The molecular formula is C17H15Cl2N7O12S4. The van der Waals surface area contributed by atoms with Crippen molar-refractivity contribution in [3.8, 4) is 0 Å². The number of aromatic nitrogens is 3. The third-order valence-corrected chi connectivity index (χ3v) is 8.79. The molecule has 2 aromatic carbocycles. The molecule has 0 radical (unpaired) electrons. The molecule has 0 aliphatic heterocycles. The predicted octanol–water partition coefficient (Wildman–Crippen LogP) is 3.19. The Kier molecular flexibility index (Phi) is 11.0. The van der Waals surface area contributed by atoms with Crippen molar-refractivity contribution in [2.75, 3.05) is 23.4 Å². The number of anilines is 3. The molecule has 25 heteroatoms. The van der Waals surface area contributed by atoms with Gasteiger partial charge in [0, 0.05) is 0 Å². The SMILES string of the molecule is Nc1cc(Nc2nc(Cl)nc(Cl)n2)c(N=Nc2ccc(S(=O)(=O)CCOSOOO)cc2S(=O)(=O)O)cc1S(=O)(=O)O. The summed E-state index contributed by atoms with van der Waals surface area (Å²) in [5.41, 5.74) is 4.14. The number of hydrogen-bond acceptors (Lipinski definition) is 18. The van der Waals surface area contributed by atoms with Crippen molar-refractivity contribution < 1.29 is 53.2 Å². The summed E-state index contributed by atoms with van der Waals surface area (Å²) in [7, 11) is -14.2. The van der Waals surface area contributed by atoms with Gasteiger partial charge in [0.05, 0.1) is 28.6 Å². The van der Waals surface area contributed by atoms with Crippen LogP contribution in [0.5, 0.6) is 0 Å². The zero-order chi connectivity index (χ0) is 31.3. The number of nitrogens with two attached hydrogens (primary N) is 1. The quantitative estimate of drug-likeness (QED) is 0.0324. The van der Waals surface area contributed by atoms with Crippen LogP contribution in [-0.2, 0) is 43.6 Å². The van der Waals surface area contributed by atoms with Gasteiger partial charge in [0.25, 0.3) is 20.2 Å². The highest BCUT2D eigenvalue weighted by Gasteiger charge is 2.23. The van der Waals surface area contributed by atoms with E-state index in [0.29, 0.717) is 6.07 Å². The Hall–Kier alpha value is -2.81. The average Bonchev–Trinajstić information content (AvgIpc) is 2.86. The lowest BCUT2D eigenvalue weighted by Crippen LogP contribution is -2.12. The topological polar surface area (TPSA) is 292 Å². The maximum atomic E-state index is 12.6. The maximum Gasteiger partial charge on any atom is 0.296 e. The molecule has 42 heavy (non-hydrogen) atoms. The van der Waals surface area contributed by atoms with Crippen molar-refractivity contribution in [2.45, 2.75) is 14.7 Å². The van der Waals surface area contributed by atoms with E-state index in [9.17, 15) is 34.4 Å². The van der Waals surface area contributed by atoms with Crippen molar-refractivity contribution in [3.05, 3.63) is 40.9 Å². The number of benzene rings is 2. The van der Waals surface area contributed by atoms with Crippen LogP contribution < -0.4 is 11.1 Å². The Morgan fingerprint density at radius 2 is 1.52 bits per heavy atom. The predicted molar refractivity (Wildman–Crippen MR) is 145 cm³/mol. The molecule has 19 nitrogen and oxygen atoms in total. The van der Waals surface area contributed by atoms with Gasteiger partial charge in [0.15, 0.2) is 22.2 Å². The first-order valence-electron chi connectivity index (χ1n) is 10.3. The molecule has 0 saturated heterocycles. The monoisotopic (exact) mass is 707 g/mol. The molecule has 0 unspecified atom stereocenters. The molecule has 3 rings (SSSR count). The lowest BCUT2D eigenvalue weighted by atomic mass is 10.2. The van der Waals surface area contributed by atoms with Crippen LogP contribution in [0.2, 0.25) is 10.6 Å². The van der Waals surface area contributed by atoms with Gasteiger partial charge < -0.3 is 11.1 Å². The first-order valence-corrected chi connectivity index (χ1v) is 16.2. The van der Waals surface area contributed by atoms with Gasteiger partial charge in [-0.2, -0.15) is 31.8 Å². The van der Waals surface area contributed by atoms with Gasteiger partial charge in [-0.3, -0.25) is 13.3 Å². The van der Waals surface area contributed by atoms with Crippen molar-refractivity contribution in [2.24, 2.45) is 10.2 Å². The summed E-state index contributed by atoms with van der Waals surface area (Å²) in [6.45, 7) is -0.486. The first kappa shape index (κ1) is 33.7. The third-order valence-electron chi connectivity index (χ3n) is 4.61. The van der Waals surface area contributed by atoms with E-state index in [4.69, 9.17) is 34.2 Å². The highest BCUT2D eigenvalue weighted by atomic mass is 35.5. The molecule has 1 heterocycles. The molecule has 0 fully saturated rings. The number of azo groups is 1. The number of halogens is 2. The molecule has 0 aliphatic rings. The molecule has 0 atom stereocenters. The molecule has 1 aromatic heterocycles. The lowest BCUT2D eigenvalue weighted by Gasteiger charge is -2.11. The highest BCUT2D eigenvalue weighted by Crippen LogP contribution is 2.37. The molecule has 0 spiro atoms. The van der Waals surface area contributed by atoms with Crippen molar-refractivity contribution in [1.82, 2.24) is 15.0 Å². The molecule has 0 bridgehead atoms. The maximum absolute atomic E-state index is 12.6. The number of sulfone groups is 1. The van der Waals surface area contributed by atoms with Gasteiger partial charge in [-0.15, -0.1) is 14.6 Å². The molecule has 6 N–H and O–H groups in total. The number of nitrogens with zero attached hydrogens (tertiary/aromatic N) is 5. The molecule has 0 saturated carbocycles. The van der Waals surface area contributed by atoms with Gasteiger partial charge in [0.2, 0.25) is 16.5 Å². The fourth-order valence-electron chi connectivity index (χ4n) is 2.91. The summed E-state index contributed by atoms with van der Waals surface area (Å²) in [5, 5.41) is 20.7. The van der Waals surface area contributed by atoms with Crippen LogP contribution in [0.25, 0.3) is 0 Å². The number of rotatable bonds is 13.